The zero-order valence-electron chi connectivity index (χ0n) is 14.0. The van der Waals surface area contributed by atoms with Crippen LogP contribution in [0.2, 0.25) is 0 Å². The summed E-state index contributed by atoms with van der Waals surface area (Å²) in [7, 11) is 0. The number of para-hydroxylation sites is 1. The molecule has 6 heteroatoms. The minimum absolute atomic E-state index is 0.270. The smallest absolute Gasteiger partial charge is 0.272 e. The molecular weight excluding hydrogens is 366 g/mol. The summed E-state index contributed by atoms with van der Waals surface area (Å²) in [5.74, 6) is 0.721. The summed E-state index contributed by atoms with van der Waals surface area (Å²) < 4.78 is 5.36. The lowest BCUT2D eigenvalue weighted by Crippen LogP contribution is -2.31. The Balaban J connectivity index is 1.74. The summed E-state index contributed by atoms with van der Waals surface area (Å²) in [6, 6.07) is 14.9. The van der Waals surface area contributed by atoms with Gasteiger partial charge in [-0.2, -0.15) is 0 Å². The highest BCUT2D eigenvalue weighted by Gasteiger charge is 2.41. The van der Waals surface area contributed by atoms with E-state index in [2.05, 4.69) is 0 Å². The normalized spacial score (nSPS) is 14.6. The first-order valence-electron chi connectivity index (χ1n) is 8.04. The van der Waals surface area contributed by atoms with Gasteiger partial charge >= 0.3 is 0 Å². The molecule has 0 atom stereocenters. The number of imide groups is 1. The molecular formula is C20H15NO3S2. The third kappa shape index (κ3) is 2.91. The topological polar surface area (TPSA) is 50.5 Å². The van der Waals surface area contributed by atoms with Crippen molar-refractivity contribution in [2.24, 2.45) is 0 Å². The van der Waals surface area contributed by atoms with Gasteiger partial charge < -0.3 is 4.42 Å². The summed E-state index contributed by atoms with van der Waals surface area (Å²) in [5, 5.41) is 1.91. The number of anilines is 1. The number of hydrogen-bond donors (Lipinski definition) is 0. The number of amides is 2. The number of carbonyl (C=O) groups excluding carboxylic acids is 2. The molecule has 0 saturated heterocycles. The van der Waals surface area contributed by atoms with Crippen molar-refractivity contribution < 1.29 is 14.0 Å². The maximum Gasteiger partial charge on any atom is 0.272 e. The summed E-state index contributed by atoms with van der Waals surface area (Å²) in [4.78, 5) is 28.9. The van der Waals surface area contributed by atoms with Crippen molar-refractivity contribution in [1.82, 2.24) is 0 Å². The molecule has 4 nitrogen and oxygen atoms in total. The van der Waals surface area contributed by atoms with Crippen LogP contribution in [0.15, 0.2) is 69.5 Å². The lowest BCUT2D eigenvalue weighted by molar-refractivity contribution is -0.119. The molecule has 4 rings (SSSR count). The number of nitrogens with zero attached hydrogens (tertiary/aromatic N) is 1. The molecule has 3 aromatic rings. The Kier molecular flexibility index (Phi) is 4.53. The molecule has 0 spiro atoms. The molecule has 0 aliphatic carbocycles. The maximum atomic E-state index is 13.2. The van der Waals surface area contributed by atoms with Gasteiger partial charge in [0, 0.05) is 4.88 Å². The lowest BCUT2D eigenvalue weighted by Gasteiger charge is -2.17. The van der Waals surface area contributed by atoms with Crippen LogP contribution < -0.4 is 4.90 Å². The summed E-state index contributed by atoms with van der Waals surface area (Å²) >= 11 is 2.80. The first-order valence-corrected chi connectivity index (χ1v) is 9.91. The van der Waals surface area contributed by atoms with Crippen molar-refractivity contribution in [3.8, 4) is 0 Å². The molecule has 130 valence electrons. The highest BCUT2D eigenvalue weighted by atomic mass is 32.2. The SMILES string of the molecule is Cc1ccccc1N1C(=O)C(SCc2ccco2)=C(c2cccs2)C1=O. The number of thioether (sulfide) groups is 1. The van der Waals surface area contributed by atoms with Crippen molar-refractivity contribution in [2.45, 2.75) is 12.7 Å². The van der Waals surface area contributed by atoms with Gasteiger partial charge in [0.25, 0.3) is 11.8 Å². The van der Waals surface area contributed by atoms with Crippen LogP contribution in [0.25, 0.3) is 5.57 Å². The third-order valence-electron chi connectivity index (χ3n) is 4.10. The highest BCUT2D eigenvalue weighted by molar-refractivity contribution is 8.03. The van der Waals surface area contributed by atoms with E-state index >= 15 is 0 Å². The minimum atomic E-state index is -0.274. The van der Waals surface area contributed by atoms with E-state index in [1.807, 2.05) is 54.8 Å². The van der Waals surface area contributed by atoms with Gasteiger partial charge in [0.1, 0.15) is 5.76 Å². The van der Waals surface area contributed by atoms with Crippen molar-refractivity contribution in [2.75, 3.05) is 4.90 Å². The Bertz CT molecular complexity index is 988. The van der Waals surface area contributed by atoms with E-state index < -0.39 is 0 Å². The van der Waals surface area contributed by atoms with Crippen molar-refractivity contribution >= 4 is 46.2 Å². The van der Waals surface area contributed by atoms with E-state index in [4.69, 9.17) is 4.42 Å². The van der Waals surface area contributed by atoms with E-state index in [9.17, 15) is 9.59 Å². The summed E-state index contributed by atoms with van der Waals surface area (Å²) in [6.45, 7) is 1.90. The Morgan fingerprint density at radius 1 is 1.04 bits per heavy atom. The average Bonchev–Trinajstić information content (AvgIpc) is 3.36. The number of furan rings is 1. The predicted molar refractivity (Wildman–Crippen MR) is 105 cm³/mol. The second-order valence-corrected chi connectivity index (χ2v) is 7.71. The molecule has 0 N–H and O–H groups in total. The van der Waals surface area contributed by atoms with Gasteiger partial charge in [0.05, 0.1) is 28.2 Å². The van der Waals surface area contributed by atoms with Crippen LogP contribution in [-0.4, -0.2) is 11.8 Å². The molecule has 0 bridgehead atoms. The molecule has 0 saturated carbocycles. The number of benzene rings is 1. The molecule has 2 amide bonds. The fourth-order valence-corrected chi connectivity index (χ4v) is 4.69. The van der Waals surface area contributed by atoms with Gasteiger partial charge in [-0.15, -0.1) is 23.1 Å². The fourth-order valence-electron chi connectivity index (χ4n) is 2.85. The quantitative estimate of drug-likeness (QED) is 0.592. The van der Waals surface area contributed by atoms with Gasteiger partial charge in [0.15, 0.2) is 0 Å². The zero-order valence-corrected chi connectivity index (χ0v) is 15.6. The monoisotopic (exact) mass is 381 g/mol. The van der Waals surface area contributed by atoms with E-state index in [0.29, 0.717) is 21.9 Å². The number of rotatable bonds is 5. The molecule has 1 aliphatic rings. The zero-order chi connectivity index (χ0) is 18.1. The standard InChI is InChI=1S/C20H15NO3S2/c1-13-6-2-3-8-15(13)21-19(22)17(16-9-5-11-25-16)18(20(21)23)26-12-14-7-4-10-24-14/h2-11H,12H2,1H3. The lowest BCUT2D eigenvalue weighted by atomic mass is 10.1. The molecule has 2 aromatic heterocycles. The number of aryl methyl sites for hydroxylation is 1. The van der Waals surface area contributed by atoms with E-state index in [-0.39, 0.29) is 11.8 Å². The summed E-state index contributed by atoms with van der Waals surface area (Å²) in [6.07, 6.45) is 1.60. The second-order valence-electron chi connectivity index (χ2n) is 5.78. The van der Waals surface area contributed by atoms with Gasteiger partial charge in [-0.25, -0.2) is 4.90 Å². The van der Waals surface area contributed by atoms with Crippen molar-refractivity contribution in [3.63, 3.8) is 0 Å². The molecule has 1 aromatic carbocycles. The van der Waals surface area contributed by atoms with Crippen LogP contribution in [-0.2, 0) is 15.3 Å². The van der Waals surface area contributed by atoms with Crippen LogP contribution in [0.5, 0.6) is 0 Å². The molecule has 0 radical (unpaired) electrons. The predicted octanol–water partition coefficient (Wildman–Crippen LogP) is 4.87. The largest absolute Gasteiger partial charge is 0.468 e. The van der Waals surface area contributed by atoms with E-state index in [1.54, 1.807) is 12.3 Å². The van der Waals surface area contributed by atoms with Crippen molar-refractivity contribution in [1.29, 1.82) is 0 Å². The Labute approximate surface area is 159 Å². The first kappa shape index (κ1) is 16.9. The van der Waals surface area contributed by atoms with Gasteiger partial charge in [-0.05, 0) is 42.1 Å². The van der Waals surface area contributed by atoms with Crippen molar-refractivity contribution in [3.05, 3.63) is 81.3 Å². The Hall–Kier alpha value is -2.57. The first-order chi connectivity index (χ1) is 12.7. The highest BCUT2D eigenvalue weighted by Crippen LogP contribution is 2.41. The van der Waals surface area contributed by atoms with Crippen LogP contribution in [0.3, 0.4) is 0 Å². The Morgan fingerprint density at radius 3 is 2.58 bits per heavy atom. The van der Waals surface area contributed by atoms with Crippen LogP contribution in [0, 0.1) is 6.92 Å². The minimum Gasteiger partial charge on any atom is -0.468 e. The molecule has 3 heterocycles. The Morgan fingerprint density at radius 2 is 1.88 bits per heavy atom. The number of carbonyl (C=O) groups is 2. The third-order valence-corrected chi connectivity index (χ3v) is 6.09. The molecule has 26 heavy (non-hydrogen) atoms. The van der Waals surface area contributed by atoms with Gasteiger partial charge in [-0.1, -0.05) is 24.3 Å². The van der Waals surface area contributed by atoms with Crippen LogP contribution in [0.4, 0.5) is 5.69 Å². The van der Waals surface area contributed by atoms with Gasteiger partial charge in [0.2, 0.25) is 0 Å². The van der Waals surface area contributed by atoms with Crippen LogP contribution in [0.1, 0.15) is 16.2 Å². The molecule has 1 aliphatic heterocycles. The average molecular weight is 381 g/mol. The maximum absolute atomic E-state index is 13.2. The summed E-state index contributed by atoms with van der Waals surface area (Å²) in [5.41, 5.74) is 1.99. The van der Waals surface area contributed by atoms with Gasteiger partial charge in [-0.3, -0.25) is 9.59 Å². The van der Waals surface area contributed by atoms with Crippen LogP contribution >= 0.6 is 23.1 Å². The van der Waals surface area contributed by atoms with E-state index in [1.165, 1.54) is 28.0 Å². The number of thiophene rings is 1. The molecule has 0 unspecified atom stereocenters. The second kappa shape index (κ2) is 6.97. The fraction of sp³-hybridized carbons (Fsp3) is 0.100. The molecule has 0 fully saturated rings. The van der Waals surface area contributed by atoms with E-state index in [0.717, 1.165) is 16.2 Å². The number of hydrogen-bond acceptors (Lipinski definition) is 5.